The SMILES string of the molecule is Cn1ccnc1Cc1nccn1CCN. The molecule has 0 radical (unpaired) electrons. The van der Waals surface area contributed by atoms with Gasteiger partial charge in [0.1, 0.15) is 11.6 Å². The molecular formula is C10H15N5. The molecule has 2 N–H and O–H groups in total. The number of aromatic nitrogens is 4. The lowest BCUT2D eigenvalue weighted by Crippen LogP contribution is -2.13. The zero-order valence-corrected chi connectivity index (χ0v) is 8.80. The van der Waals surface area contributed by atoms with Crippen LogP contribution in [-0.4, -0.2) is 25.6 Å². The molecule has 0 aromatic carbocycles. The molecule has 0 aliphatic heterocycles. The third-order valence-electron chi connectivity index (χ3n) is 2.41. The lowest BCUT2D eigenvalue weighted by Gasteiger charge is -2.05. The monoisotopic (exact) mass is 205 g/mol. The molecule has 15 heavy (non-hydrogen) atoms. The van der Waals surface area contributed by atoms with Crippen LogP contribution < -0.4 is 5.73 Å². The molecule has 0 bridgehead atoms. The van der Waals surface area contributed by atoms with E-state index in [4.69, 9.17) is 5.73 Å². The fraction of sp³-hybridized carbons (Fsp3) is 0.400. The van der Waals surface area contributed by atoms with Crippen LogP contribution in [0.4, 0.5) is 0 Å². The van der Waals surface area contributed by atoms with Gasteiger partial charge in [0, 0.05) is 44.9 Å². The number of imidazole rings is 2. The van der Waals surface area contributed by atoms with Crippen molar-refractivity contribution in [3.8, 4) is 0 Å². The van der Waals surface area contributed by atoms with Gasteiger partial charge in [0.05, 0.1) is 6.42 Å². The Morgan fingerprint density at radius 1 is 1.20 bits per heavy atom. The maximum atomic E-state index is 5.52. The van der Waals surface area contributed by atoms with E-state index in [9.17, 15) is 0 Å². The summed E-state index contributed by atoms with van der Waals surface area (Å²) in [6.07, 6.45) is 8.23. The van der Waals surface area contributed by atoms with E-state index in [1.807, 2.05) is 24.0 Å². The van der Waals surface area contributed by atoms with Gasteiger partial charge in [-0.1, -0.05) is 0 Å². The second-order valence-corrected chi connectivity index (χ2v) is 3.46. The molecule has 2 rings (SSSR count). The quantitative estimate of drug-likeness (QED) is 0.773. The van der Waals surface area contributed by atoms with Crippen LogP contribution in [-0.2, 0) is 20.0 Å². The number of nitrogens with two attached hydrogens (primary N) is 1. The third-order valence-corrected chi connectivity index (χ3v) is 2.41. The topological polar surface area (TPSA) is 61.7 Å². The van der Waals surface area contributed by atoms with Crippen molar-refractivity contribution in [3.63, 3.8) is 0 Å². The second kappa shape index (κ2) is 4.27. The number of hydrogen-bond acceptors (Lipinski definition) is 3. The Labute approximate surface area is 88.6 Å². The van der Waals surface area contributed by atoms with Gasteiger partial charge in [-0.05, 0) is 0 Å². The smallest absolute Gasteiger partial charge is 0.116 e. The minimum absolute atomic E-state index is 0.629. The molecular weight excluding hydrogens is 190 g/mol. The van der Waals surface area contributed by atoms with Crippen LogP contribution in [0.2, 0.25) is 0 Å². The first kappa shape index (κ1) is 9.92. The molecule has 0 saturated heterocycles. The molecule has 80 valence electrons. The van der Waals surface area contributed by atoms with Gasteiger partial charge in [-0.3, -0.25) is 0 Å². The molecule has 0 saturated carbocycles. The normalized spacial score (nSPS) is 10.8. The molecule has 0 aliphatic rings. The fourth-order valence-corrected chi connectivity index (χ4v) is 1.56. The van der Waals surface area contributed by atoms with Gasteiger partial charge in [0.2, 0.25) is 0 Å². The van der Waals surface area contributed by atoms with E-state index in [-0.39, 0.29) is 0 Å². The second-order valence-electron chi connectivity index (χ2n) is 3.46. The average molecular weight is 205 g/mol. The first-order valence-electron chi connectivity index (χ1n) is 4.97. The first-order valence-corrected chi connectivity index (χ1v) is 4.97. The molecule has 2 heterocycles. The van der Waals surface area contributed by atoms with E-state index in [1.165, 1.54) is 0 Å². The summed E-state index contributed by atoms with van der Waals surface area (Å²) in [5.74, 6) is 2.02. The minimum Gasteiger partial charge on any atom is -0.338 e. The number of aryl methyl sites for hydroxylation is 1. The van der Waals surface area contributed by atoms with E-state index in [2.05, 4.69) is 14.5 Å². The molecule has 0 atom stereocenters. The Morgan fingerprint density at radius 3 is 2.60 bits per heavy atom. The van der Waals surface area contributed by atoms with Gasteiger partial charge in [-0.15, -0.1) is 0 Å². The number of rotatable bonds is 4. The van der Waals surface area contributed by atoms with Gasteiger partial charge in [0.15, 0.2) is 0 Å². The molecule has 2 aromatic heterocycles. The van der Waals surface area contributed by atoms with Crippen molar-refractivity contribution < 1.29 is 0 Å². The summed E-state index contributed by atoms with van der Waals surface area (Å²) in [5, 5.41) is 0. The summed E-state index contributed by atoms with van der Waals surface area (Å²) in [5.41, 5.74) is 5.52. The minimum atomic E-state index is 0.629. The van der Waals surface area contributed by atoms with Crippen LogP contribution in [0.1, 0.15) is 11.6 Å². The lowest BCUT2D eigenvalue weighted by atomic mass is 10.3. The highest BCUT2D eigenvalue weighted by molar-refractivity contribution is 5.04. The zero-order valence-electron chi connectivity index (χ0n) is 8.80. The molecule has 0 aliphatic carbocycles. The van der Waals surface area contributed by atoms with Crippen molar-refractivity contribution in [1.29, 1.82) is 0 Å². The highest BCUT2D eigenvalue weighted by Crippen LogP contribution is 2.05. The average Bonchev–Trinajstić information content (AvgIpc) is 2.80. The van der Waals surface area contributed by atoms with Crippen molar-refractivity contribution in [1.82, 2.24) is 19.1 Å². The van der Waals surface area contributed by atoms with Gasteiger partial charge >= 0.3 is 0 Å². The van der Waals surface area contributed by atoms with Crippen molar-refractivity contribution in [3.05, 3.63) is 36.4 Å². The Kier molecular flexibility index (Phi) is 2.82. The molecule has 0 unspecified atom stereocenters. The Balaban J connectivity index is 2.17. The van der Waals surface area contributed by atoms with Gasteiger partial charge in [-0.25, -0.2) is 9.97 Å². The maximum Gasteiger partial charge on any atom is 0.116 e. The van der Waals surface area contributed by atoms with E-state index in [1.54, 1.807) is 12.4 Å². The van der Waals surface area contributed by atoms with Crippen molar-refractivity contribution in [2.75, 3.05) is 6.54 Å². The van der Waals surface area contributed by atoms with Crippen molar-refractivity contribution in [2.24, 2.45) is 12.8 Å². The summed E-state index contributed by atoms with van der Waals surface area (Å²) in [6.45, 7) is 1.43. The molecule has 5 heteroatoms. The molecule has 5 nitrogen and oxygen atoms in total. The molecule has 0 fully saturated rings. The largest absolute Gasteiger partial charge is 0.338 e. The Hall–Kier alpha value is -1.62. The van der Waals surface area contributed by atoms with E-state index in [0.717, 1.165) is 24.6 Å². The molecule has 2 aromatic rings. The number of nitrogens with zero attached hydrogens (tertiary/aromatic N) is 4. The van der Waals surface area contributed by atoms with Crippen molar-refractivity contribution >= 4 is 0 Å². The van der Waals surface area contributed by atoms with Crippen LogP contribution in [0.25, 0.3) is 0 Å². The molecule has 0 amide bonds. The predicted molar refractivity (Wildman–Crippen MR) is 57.3 cm³/mol. The first-order chi connectivity index (χ1) is 7.31. The van der Waals surface area contributed by atoms with Crippen LogP contribution >= 0.6 is 0 Å². The highest BCUT2D eigenvalue weighted by Gasteiger charge is 2.06. The zero-order chi connectivity index (χ0) is 10.7. The van der Waals surface area contributed by atoms with Gasteiger partial charge < -0.3 is 14.9 Å². The summed E-state index contributed by atoms with van der Waals surface area (Å²) in [6, 6.07) is 0. The van der Waals surface area contributed by atoms with Crippen LogP contribution in [0.15, 0.2) is 24.8 Å². The van der Waals surface area contributed by atoms with Crippen molar-refractivity contribution in [2.45, 2.75) is 13.0 Å². The third kappa shape index (κ3) is 2.07. The molecule has 0 spiro atoms. The lowest BCUT2D eigenvalue weighted by molar-refractivity contribution is 0.659. The van der Waals surface area contributed by atoms with E-state index >= 15 is 0 Å². The Morgan fingerprint density at radius 2 is 1.93 bits per heavy atom. The fourth-order valence-electron chi connectivity index (χ4n) is 1.56. The predicted octanol–water partition coefficient (Wildman–Crippen LogP) is 0.166. The number of hydrogen-bond donors (Lipinski definition) is 1. The standard InChI is InChI=1S/C10H15N5/c1-14-6-3-12-9(14)8-10-13-4-7-15(10)5-2-11/h3-4,6-7H,2,5,8,11H2,1H3. The van der Waals surface area contributed by atoms with E-state index < -0.39 is 0 Å². The van der Waals surface area contributed by atoms with Gasteiger partial charge in [-0.2, -0.15) is 0 Å². The van der Waals surface area contributed by atoms with Crippen LogP contribution in [0.5, 0.6) is 0 Å². The highest BCUT2D eigenvalue weighted by atomic mass is 15.1. The van der Waals surface area contributed by atoms with Gasteiger partial charge in [0.25, 0.3) is 0 Å². The Bertz CT molecular complexity index is 428. The maximum absolute atomic E-state index is 5.52. The summed E-state index contributed by atoms with van der Waals surface area (Å²) in [4.78, 5) is 8.58. The van der Waals surface area contributed by atoms with Crippen LogP contribution in [0, 0.1) is 0 Å². The summed E-state index contributed by atoms with van der Waals surface area (Å²) < 4.78 is 4.07. The summed E-state index contributed by atoms with van der Waals surface area (Å²) in [7, 11) is 1.98. The summed E-state index contributed by atoms with van der Waals surface area (Å²) >= 11 is 0. The van der Waals surface area contributed by atoms with Crippen LogP contribution in [0.3, 0.4) is 0 Å². The van der Waals surface area contributed by atoms with E-state index in [0.29, 0.717) is 6.54 Å².